The molecule has 1 saturated heterocycles. The number of anilines is 3. The molecule has 1 fully saturated rings. The van der Waals surface area contributed by atoms with E-state index in [0.29, 0.717) is 17.5 Å². The van der Waals surface area contributed by atoms with Crippen molar-refractivity contribution >= 4 is 17.5 Å². The largest absolute Gasteiger partial charge is 0.416 e. The van der Waals surface area contributed by atoms with Crippen molar-refractivity contribution in [3.8, 4) is 0 Å². The fourth-order valence-electron chi connectivity index (χ4n) is 2.67. The number of nitrogens with zero attached hydrogens (tertiary/aromatic N) is 5. The van der Waals surface area contributed by atoms with Crippen LogP contribution in [0.2, 0.25) is 0 Å². The van der Waals surface area contributed by atoms with Gasteiger partial charge in [0.1, 0.15) is 0 Å². The lowest BCUT2D eigenvalue weighted by atomic mass is 10.2. The Bertz CT molecular complexity index is 713. The van der Waals surface area contributed by atoms with E-state index in [1.54, 1.807) is 6.07 Å². The van der Waals surface area contributed by atoms with Gasteiger partial charge in [-0.25, -0.2) is 0 Å². The van der Waals surface area contributed by atoms with Gasteiger partial charge in [0.05, 0.1) is 11.8 Å². The van der Waals surface area contributed by atoms with Crippen molar-refractivity contribution in [1.29, 1.82) is 0 Å². The molecule has 0 radical (unpaired) electrons. The first-order valence-electron chi connectivity index (χ1n) is 8.07. The molecule has 2 heterocycles. The molecular weight excluding hydrogens is 333 g/mol. The number of halogens is 3. The number of benzene rings is 1. The van der Waals surface area contributed by atoms with Gasteiger partial charge in [-0.1, -0.05) is 13.0 Å². The lowest BCUT2D eigenvalue weighted by Crippen LogP contribution is -2.46. The molecule has 1 N–H and O–H groups in total. The molecule has 9 heteroatoms. The lowest BCUT2D eigenvalue weighted by molar-refractivity contribution is -0.137. The third-order valence-corrected chi connectivity index (χ3v) is 4.11. The van der Waals surface area contributed by atoms with Crippen molar-refractivity contribution in [2.75, 3.05) is 42.9 Å². The van der Waals surface area contributed by atoms with Crippen LogP contribution in [0.5, 0.6) is 0 Å². The smallest absolute Gasteiger partial charge is 0.339 e. The van der Waals surface area contributed by atoms with Gasteiger partial charge in [-0.3, -0.25) is 0 Å². The summed E-state index contributed by atoms with van der Waals surface area (Å²) in [6, 6.07) is 4.98. The Hall–Kier alpha value is -2.42. The van der Waals surface area contributed by atoms with Crippen LogP contribution in [0.1, 0.15) is 12.5 Å². The molecule has 2 aromatic rings. The van der Waals surface area contributed by atoms with E-state index in [9.17, 15) is 13.2 Å². The summed E-state index contributed by atoms with van der Waals surface area (Å²) in [4.78, 5) is 8.73. The topological polar surface area (TPSA) is 57.2 Å². The van der Waals surface area contributed by atoms with Gasteiger partial charge in [0, 0.05) is 31.9 Å². The third-order valence-electron chi connectivity index (χ3n) is 4.11. The minimum absolute atomic E-state index is 0.303. The monoisotopic (exact) mass is 352 g/mol. The highest BCUT2D eigenvalue weighted by molar-refractivity contribution is 5.57. The van der Waals surface area contributed by atoms with E-state index >= 15 is 0 Å². The van der Waals surface area contributed by atoms with Crippen molar-refractivity contribution in [1.82, 2.24) is 20.1 Å². The van der Waals surface area contributed by atoms with Gasteiger partial charge in [-0.05, 0) is 24.7 Å². The molecule has 0 saturated carbocycles. The molecule has 1 aromatic carbocycles. The number of aromatic nitrogens is 3. The molecule has 3 rings (SSSR count). The molecule has 1 aliphatic rings. The molecule has 0 aliphatic carbocycles. The van der Waals surface area contributed by atoms with E-state index in [0.717, 1.165) is 44.9 Å². The molecule has 0 atom stereocenters. The molecule has 1 aliphatic heterocycles. The van der Waals surface area contributed by atoms with Crippen LogP contribution in [0.3, 0.4) is 0 Å². The lowest BCUT2D eigenvalue weighted by Gasteiger charge is -2.33. The number of alkyl halides is 3. The van der Waals surface area contributed by atoms with Crippen molar-refractivity contribution in [2.24, 2.45) is 0 Å². The van der Waals surface area contributed by atoms with Crippen molar-refractivity contribution in [3.05, 3.63) is 36.0 Å². The molecule has 0 bridgehead atoms. The second-order valence-corrected chi connectivity index (χ2v) is 5.77. The zero-order chi connectivity index (χ0) is 17.9. The standard InChI is InChI=1S/C16H19F3N6/c1-2-24-6-8-25(9-7-24)15-22-14(11-20-23-15)21-13-5-3-4-12(10-13)16(17,18)19/h3-5,10-11H,2,6-9H2,1H3,(H,21,22,23). The number of hydrogen-bond acceptors (Lipinski definition) is 6. The highest BCUT2D eigenvalue weighted by atomic mass is 19.4. The molecule has 25 heavy (non-hydrogen) atoms. The summed E-state index contributed by atoms with van der Waals surface area (Å²) in [5.74, 6) is 0.843. The van der Waals surface area contributed by atoms with Crippen LogP contribution >= 0.6 is 0 Å². The Morgan fingerprint density at radius 2 is 1.92 bits per heavy atom. The number of rotatable bonds is 4. The van der Waals surface area contributed by atoms with Crippen LogP contribution in [-0.2, 0) is 6.18 Å². The number of nitrogens with one attached hydrogen (secondary N) is 1. The van der Waals surface area contributed by atoms with E-state index < -0.39 is 11.7 Å². The summed E-state index contributed by atoms with van der Waals surface area (Å²) < 4.78 is 38.4. The minimum atomic E-state index is -4.38. The van der Waals surface area contributed by atoms with E-state index in [2.05, 4.69) is 32.3 Å². The van der Waals surface area contributed by atoms with Crippen LogP contribution in [0.4, 0.5) is 30.6 Å². The first-order chi connectivity index (χ1) is 12.0. The molecule has 0 amide bonds. The summed E-state index contributed by atoms with van der Waals surface area (Å²) in [5.41, 5.74) is -0.410. The zero-order valence-corrected chi connectivity index (χ0v) is 13.8. The average molecular weight is 352 g/mol. The summed E-state index contributed by atoms with van der Waals surface area (Å²) >= 11 is 0. The van der Waals surface area contributed by atoms with Gasteiger partial charge < -0.3 is 15.1 Å². The maximum absolute atomic E-state index is 12.8. The molecular formula is C16H19F3N6. The van der Waals surface area contributed by atoms with E-state index in [1.807, 2.05) is 4.90 Å². The number of likely N-dealkylation sites (N-methyl/N-ethyl adjacent to an activating group) is 1. The highest BCUT2D eigenvalue weighted by Crippen LogP contribution is 2.31. The average Bonchev–Trinajstić information content (AvgIpc) is 2.61. The summed E-state index contributed by atoms with van der Waals surface area (Å²) in [6.07, 6.45) is -2.99. The Morgan fingerprint density at radius 1 is 1.16 bits per heavy atom. The Kier molecular flexibility index (Phi) is 5.03. The van der Waals surface area contributed by atoms with Crippen molar-refractivity contribution in [3.63, 3.8) is 0 Å². The van der Waals surface area contributed by atoms with Gasteiger partial charge in [0.25, 0.3) is 0 Å². The highest BCUT2D eigenvalue weighted by Gasteiger charge is 2.30. The summed E-state index contributed by atoms with van der Waals surface area (Å²) in [5, 5.41) is 10.8. The number of piperazine rings is 1. The maximum atomic E-state index is 12.8. The van der Waals surface area contributed by atoms with Gasteiger partial charge >= 0.3 is 6.18 Å². The normalized spacial score (nSPS) is 16.1. The second kappa shape index (κ2) is 7.22. The summed E-state index contributed by atoms with van der Waals surface area (Å²) in [7, 11) is 0. The fraction of sp³-hybridized carbons (Fsp3) is 0.438. The minimum Gasteiger partial charge on any atom is -0.339 e. The fourth-order valence-corrected chi connectivity index (χ4v) is 2.67. The van der Waals surface area contributed by atoms with Gasteiger partial charge in [-0.2, -0.15) is 23.3 Å². The maximum Gasteiger partial charge on any atom is 0.416 e. The molecule has 134 valence electrons. The third kappa shape index (κ3) is 4.36. The van der Waals surface area contributed by atoms with Crippen LogP contribution in [0.15, 0.2) is 30.5 Å². The van der Waals surface area contributed by atoms with E-state index in [-0.39, 0.29) is 0 Å². The van der Waals surface area contributed by atoms with Gasteiger partial charge in [0.2, 0.25) is 5.95 Å². The van der Waals surface area contributed by atoms with Crippen LogP contribution in [0, 0.1) is 0 Å². The molecule has 0 unspecified atom stereocenters. The van der Waals surface area contributed by atoms with Gasteiger partial charge in [0.15, 0.2) is 5.82 Å². The van der Waals surface area contributed by atoms with Crippen LogP contribution in [0.25, 0.3) is 0 Å². The number of hydrogen-bond donors (Lipinski definition) is 1. The Balaban J connectivity index is 1.72. The predicted molar refractivity (Wildman–Crippen MR) is 88.9 cm³/mol. The molecule has 0 spiro atoms. The SMILES string of the molecule is CCN1CCN(c2nncc(Nc3cccc(C(F)(F)F)c3)n2)CC1. The Labute approximate surface area is 143 Å². The van der Waals surface area contributed by atoms with Crippen molar-refractivity contribution in [2.45, 2.75) is 13.1 Å². The zero-order valence-electron chi connectivity index (χ0n) is 13.8. The first-order valence-corrected chi connectivity index (χ1v) is 8.07. The quantitative estimate of drug-likeness (QED) is 0.913. The van der Waals surface area contributed by atoms with Gasteiger partial charge in [-0.15, -0.1) is 5.10 Å². The van der Waals surface area contributed by atoms with Crippen LogP contribution in [-0.4, -0.2) is 52.8 Å². The van der Waals surface area contributed by atoms with Crippen LogP contribution < -0.4 is 10.2 Å². The molecule has 6 nitrogen and oxygen atoms in total. The summed E-state index contributed by atoms with van der Waals surface area (Å²) in [6.45, 7) is 6.55. The predicted octanol–water partition coefficient (Wildman–Crippen LogP) is 2.78. The van der Waals surface area contributed by atoms with Crippen molar-refractivity contribution < 1.29 is 13.2 Å². The Morgan fingerprint density at radius 3 is 2.60 bits per heavy atom. The second-order valence-electron chi connectivity index (χ2n) is 5.77. The van der Waals surface area contributed by atoms with E-state index in [1.165, 1.54) is 12.3 Å². The van der Waals surface area contributed by atoms with E-state index in [4.69, 9.17) is 0 Å². The molecule has 1 aromatic heterocycles. The first kappa shape index (κ1) is 17.4.